The van der Waals surface area contributed by atoms with Crippen LogP contribution in [0, 0.1) is 5.92 Å². The first-order valence-corrected chi connectivity index (χ1v) is 8.53. The van der Waals surface area contributed by atoms with Crippen molar-refractivity contribution >= 4 is 47.3 Å². The Hall–Kier alpha value is -0.590. The van der Waals surface area contributed by atoms with E-state index >= 15 is 0 Å². The highest BCUT2D eigenvalue weighted by Gasteiger charge is 2.25. The van der Waals surface area contributed by atoms with Gasteiger partial charge in [0.1, 0.15) is 0 Å². The average molecular weight is 353 g/mol. The van der Waals surface area contributed by atoms with Gasteiger partial charge >= 0.3 is 0 Å². The molecule has 98 valence electrons. The predicted octanol–water partition coefficient (Wildman–Crippen LogP) is 3.12. The number of carbonyl (C=O) groups is 1. The Labute approximate surface area is 118 Å². The van der Waals surface area contributed by atoms with Crippen molar-refractivity contribution in [3.05, 3.63) is 22.7 Å². The van der Waals surface area contributed by atoms with E-state index in [-0.39, 0.29) is 16.7 Å². The molecular formula is C11H11BrClNO3S. The molecule has 0 radical (unpaired) electrons. The second-order valence-electron chi connectivity index (χ2n) is 4.20. The fourth-order valence-electron chi connectivity index (χ4n) is 1.65. The summed E-state index contributed by atoms with van der Waals surface area (Å²) in [6.45, 7) is 0. The molecular weight excluding hydrogens is 342 g/mol. The largest absolute Gasteiger partial charge is 0.325 e. The Kier molecular flexibility index (Phi) is 3.99. The molecule has 0 unspecified atom stereocenters. The third kappa shape index (κ3) is 3.05. The zero-order valence-corrected chi connectivity index (χ0v) is 12.5. The summed E-state index contributed by atoms with van der Waals surface area (Å²) in [5, 5.41) is 2.77. The molecule has 2 rings (SSSR count). The van der Waals surface area contributed by atoms with Gasteiger partial charge in [0.2, 0.25) is 5.91 Å². The van der Waals surface area contributed by atoms with Crippen LogP contribution in [0.1, 0.15) is 19.3 Å². The highest BCUT2D eigenvalue weighted by Crippen LogP contribution is 2.31. The molecule has 1 saturated carbocycles. The van der Waals surface area contributed by atoms with Crippen molar-refractivity contribution in [1.29, 1.82) is 0 Å². The van der Waals surface area contributed by atoms with E-state index in [2.05, 4.69) is 21.2 Å². The van der Waals surface area contributed by atoms with Gasteiger partial charge in [-0.05, 0) is 47.0 Å². The molecule has 0 heterocycles. The van der Waals surface area contributed by atoms with Crippen molar-refractivity contribution in [3.8, 4) is 0 Å². The molecule has 1 N–H and O–H groups in total. The van der Waals surface area contributed by atoms with E-state index in [1.165, 1.54) is 18.2 Å². The van der Waals surface area contributed by atoms with Crippen molar-refractivity contribution in [3.63, 3.8) is 0 Å². The van der Waals surface area contributed by atoms with Gasteiger partial charge in [-0.1, -0.05) is 6.42 Å². The molecule has 1 aliphatic rings. The first kappa shape index (κ1) is 13.8. The van der Waals surface area contributed by atoms with Crippen molar-refractivity contribution in [2.24, 2.45) is 5.92 Å². The Balaban J connectivity index is 2.17. The van der Waals surface area contributed by atoms with Crippen molar-refractivity contribution in [1.82, 2.24) is 0 Å². The number of rotatable bonds is 3. The lowest BCUT2D eigenvalue weighted by atomic mass is 9.85. The molecule has 1 aliphatic carbocycles. The summed E-state index contributed by atoms with van der Waals surface area (Å²) in [4.78, 5) is 11.8. The fraction of sp³-hybridized carbons (Fsp3) is 0.364. The van der Waals surface area contributed by atoms with Crippen LogP contribution in [-0.2, 0) is 13.8 Å². The van der Waals surface area contributed by atoms with E-state index < -0.39 is 9.05 Å². The quantitative estimate of drug-likeness (QED) is 0.850. The van der Waals surface area contributed by atoms with Gasteiger partial charge in [-0.3, -0.25) is 4.79 Å². The Bertz CT molecular complexity index is 584. The van der Waals surface area contributed by atoms with E-state index in [9.17, 15) is 13.2 Å². The average Bonchev–Trinajstić information content (AvgIpc) is 2.16. The lowest BCUT2D eigenvalue weighted by Gasteiger charge is -2.24. The number of benzene rings is 1. The first-order valence-electron chi connectivity index (χ1n) is 5.43. The van der Waals surface area contributed by atoms with E-state index in [0.29, 0.717) is 10.2 Å². The van der Waals surface area contributed by atoms with Crippen LogP contribution in [0.5, 0.6) is 0 Å². The number of carbonyl (C=O) groups excluding carboxylic acids is 1. The number of anilines is 1. The topological polar surface area (TPSA) is 63.2 Å². The minimum Gasteiger partial charge on any atom is -0.325 e. The number of nitrogens with one attached hydrogen (secondary N) is 1. The van der Waals surface area contributed by atoms with Crippen LogP contribution in [0.4, 0.5) is 5.69 Å². The molecule has 4 nitrogen and oxygen atoms in total. The third-order valence-electron chi connectivity index (χ3n) is 2.96. The summed E-state index contributed by atoms with van der Waals surface area (Å²) in [7, 11) is 1.48. The fourth-order valence-corrected chi connectivity index (χ4v) is 3.06. The highest BCUT2D eigenvalue weighted by atomic mass is 79.9. The summed E-state index contributed by atoms with van der Waals surface area (Å²) in [5.41, 5.74) is 0.552. The summed E-state index contributed by atoms with van der Waals surface area (Å²) >= 11 is 3.22. The Morgan fingerprint density at radius 2 is 2.06 bits per heavy atom. The maximum atomic E-state index is 11.8. The SMILES string of the molecule is O=C(Nc1ccc(S(=O)(=O)Cl)cc1Br)C1CCC1. The standard InChI is InChI=1S/C11H11BrClNO3S/c12-9-6-8(18(13,16)17)4-5-10(9)14-11(15)7-2-1-3-7/h4-7H,1-3H2,(H,14,15). The van der Waals surface area contributed by atoms with E-state index in [4.69, 9.17) is 10.7 Å². The third-order valence-corrected chi connectivity index (χ3v) is 4.96. The van der Waals surface area contributed by atoms with Crippen molar-refractivity contribution in [2.75, 3.05) is 5.32 Å². The minimum atomic E-state index is -3.75. The molecule has 18 heavy (non-hydrogen) atoms. The molecule has 0 spiro atoms. The molecule has 1 amide bonds. The van der Waals surface area contributed by atoms with Gasteiger partial charge < -0.3 is 5.32 Å². The zero-order chi connectivity index (χ0) is 13.3. The Morgan fingerprint density at radius 3 is 2.50 bits per heavy atom. The molecule has 0 saturated heterocycles. The number of halogens is 2. The van der Waals surface area contributed by atoms with Gasteiger partial charge in [0.05, 0.1) is 10.6 Å². The summed E-state index contributed by atoms with van der Waals surface area (Å²) in [6.07, 6.45) is 2.91. The maximum Gasteiger partial charge on any atom is 0.261 e. The molecule has 0 aromatic heterocycles. The molecule has 0 aliphatic heterocycles. The predicted molar refractivity (Wildman–Crippen MR) is 73.2 cm³/mol. The molecule has 1 aromatic carbocycles. The van der Waals surface area contributed by atoms with Crippen LogP contribution in [0.15, 0.2) is 27.6 Å². The van der Waals surface area contributed by atoms with Crippen LogP contribution in [-0.4, -0.2) is 14.3 Å². The summed E-state index contributed by atoms with van der Waals surface area (Å²) in [5.74, 6) is 0.0526. The van der Waals surface area contributed by atoms with Crippen LogP contribution in [0.3, 0.4) is 0 Å². The van der Waals surface area contributed by atoms with E-state index in [1.807, 2.05) is 0 Å². The van der Waals surface area contributed by atoms with Crippen LogP contribution >= 0.6 is 26.6 Å². The number of hydrogen-bond donors (Lipinski definition) is 1. The van der Waals surface area contributed by atoms with Crippen LogP contribution < -0.4 is 5.32 Å². The maximum absolute atomic E-state index is 11.8. The molecule has 0 bridgehead atoms. The van der Waals surface area contributed by atoms with Crippen molar-refractivity contribution in [2.45, 2.75) is 24.2 Å². The lowest BCUT2D eigenvalue weighted by molar-refractivity contribution is -0.122. The molecule has 7 heteroatoms. The van der Waals surface area contributed by atoms with Crippen LogP contribution in [0.25, 0.3) is 0 Å². The van der Waals surface area contributed by atoms with Gasteiger partial charge in [-0.15, -0.1) is 0 Å². The van der Waals surface area contributed by atoms with E-state index in [0.717, 1.165) is 19.3 Å². The zero-order valence-electron chi connectivity index (χ0n) is 9.32. The number of hydrogen-bond acceptors (Lipinski definition) is 3. The smallest absolute Gasteiger partial charge is 0.261 e. The van der Waals surface area contributed by atoms with Gasteiger partial charge in [-0.25, -0.2) is 8.42 Å². The monoisotopic (exact) mass is 351 g/mol. The molecule has 0 atom stereocenters. The first-order chi connectivity index (χ1) is 8.38. The van der Waals surface area contributed by atoms with Gasteiger partial charge in [-0.2, -0.15) is 0 Å². The number of amides is 1. The van der Waals surface area contributed by atoms with Crippen LogP contribution in [0.2, 0.25) is 0 Å². The summed E-state index contributed by atoms with van der Waals surface area (Å²) < 4.78 is 22.8. The normalized spacial score (nSPS) is 16.1. The molecule has 1 aromatic rings. The van der Waals surface area contributed by atoms with Gasteiger partial charge in [0.15, 0.2) is 0 Å². The van der Waals surface area contributed by atoms with Gasteiger partial charge in [0, 0.05) is 21.1 Å². The molecule has 1 fully saturated rings. The Morgan fingerprint density at radius 1 is 1.39 bits per heavy atom. The van der Waals surface area contributed by atoms with Crippen molar-refractivity contribution < 1.29 is 13.2 Å². The second kappa shape index (κ2) is 5.19. The highest BCUT2D eigenvalue weighted by molar-refractivity contribution is 9.10. The van der Waals surface area contributed by atoms with Gasteiger partial charge in [0.25, 0.3) is 9.05 Å². The summed E-state index contributed by atoms with van der Waals surface area (Å²) in [6, 6.07) is 4.26. The van der Waals surface area contributed by atoms with E-state index in [1.54, 1.807) is 0 Å². The lowest BCUT2D eigenvalue weighted by Crippen LogP contribution is -2.28. The minimum absolute atomic E-state index is 0.00214. The second-order valence-corrected chi connectivity index (χ2v) is 7.62.